The SMILES string of the molecule is CC(C)CCC[C@@H](C)[C@H]1CCC2C3CC=C4CC(OC(=O)C=CC(=O)OC5CC[C@@]6(C)C(=CCC7C6CC[C@@]6(C)C7CC[C@@H]6[C@H](C)CCCC(C)C)C5)CC[C@]4(C)C3CC[C@@]21C. The van der Waals surface area contributed by atoms with E-state index in [0.717, 1.165) is 110 Å². The van der Waals surface area contributed by atoms with Crippen molar-refractivity contribution in [3.8, 4) is 0 Å². The summed E-state index contributed by atoms with van der Waals surface area (Å²) < 4.78 is 12.1. The number of allylic oxidation sites excluding steroid dienone is 2. The first-order valence-corrected chi connectivity index (χ1v) is 26.9. The van der Waals surface area contributed by atoms with Gasteiger partial charge < -0.3 is 9.47 Å². The second kappa shape index (κ2) is 18.4. The van der Waals surface area contributed by atoms with Gasteiger partial charge in [-0.15, -0.1) is 0 Å². The summed E-state index contributed by atoms with van der Waals surface area (Å²) in [5.74, 6) is 9.06. The minimum absolute atomic E-state index is 0.112. The lowest BCUT2D eigenvalue weighted by Crippen LogP contribution is -2.51. The van der Waals surface area contributed by atoms with Crippen LogP contribution in [-0.4, -0.2) is 24.1 Å². The number of hydrogen-bond acceptors (Lipinski definition) is 4. The summed E-state index contributed by atoms with van der Waals surface area (Å²) in [5, 5.41) is 0. The van der Waals surface area contributed by atoms with Crippen LogP contribution in [0.15, 0.2) is 35.5 Å². The fraction of sp³-hybridized carbons (Fsp3) is 0.862. The molecule has 6 saturated carbocycles. The second-order valence-corrected chi connectivity index (χ2v) is 25.5. The van der Waals surface area contributed by atoms with Gasteiger partial charge in [-0.05, 0) is 183 Å². The summed E-state index contributed by atoms with van der Waals surface area (Å²) in [5.41, 5.74) is 4.52. The zero-order chi connectivity index (χ0) is 44.2. The Bertz CT molecular complexity index is 1580. The van der Waals surface area contributed by atoms with E-state index in [2.05, 4.69) is 81.4 Å². The normalized spacial score (nSPS) is 43.4. The Labute approximate surface area is 380 Å². The molecule has 0 radical (unpaired) electrons. The van der Waals surface area contributed by atoms with E-state index in [1.165, 1.54) is 126 Å². The van der Waals surface area contributed by atoms with Gasteiger partial charge in [0.15, 0.2) is 0 Å². The van der Waals surface area contributed by atoms with Crippen LogP contribution in [-0.2, 0) is 19.1 Å². The molecule has 0 N–H and O–H groups in total. The maximum Gasteiger partial charge on any atom is 0.331 e. The predicted molar refractivity (Wildman–Crippen MR) is 255 cm³/mol. The van der Waals surface area contributed by atoms with E-state index < -0.39 is 11.9 Å². The van der Waals surface area contributed by atoms with Crippen molar-refractivity contribution in [3.05, 3.63) is 35.5 Å². The highest BCUT2D eigenvalue weighted by Gasteiger charge is 2.61. The summed E-state index contributed by atoms with van der Waals surface area (Å²) >= 11 is 0. The van der Waals surface area contributed by atoms with Crippen LogP contribution in [0, 0.1) is 92.7 Å². The number of ether oxygens (including phenoxy) is 2. The molecule has 0 heterocycles. The van der Waals surface area contributed by atoms with E-state index in [1.807, 2.05) is 0 Å². The van der Waals surface area contributed by atoms with Crippen molar-refractivity contribution >= 4 is 11.9 Å². The molecule has 0 amide bonds. The molecule has 0 aromatic rings. The Morgan fingerprint density at radius 3 is 1.34 bits per heavy atom. The average Bonchev–Trinajstić information content (AvgIpc) is 3.77. The third kappa shape index (κ3) is 8.77. The van der Waals surface area contributed by atoms with Crippen molar-refractivity contribution in [2.75, 3.05) is 0 Å². The van der Waals surface area contributed by atoms with Gasteiger partial charge in [-0.25, -0.2) is 9.59 Å². The van der Waals surface area contributed by atoms with Crippen molar-refractivity contribution in [1.29, 1.82) is 0 Å². The molecule has 4 heteroatoms. The largest absolute Gasteiger partial charge is 0.459 e. The third-order valence-corrected chi connectivity index (χ3v) is 21.4. The Kier molecular flexibility index (Phi) is 13.9. The zero-order valence-corrected chi connectivity index (χ0v) is 41.6. The van der Waals surface area contributed by atoms with Gasteiger partial charge in [0.1, 0.15) is 12.2 Å². The molecule has 62 heavy (non-hydrogen) atoms. The van der Waals surface area contributed by atoms with E-state index in [0.29, 0.717) is 10.8 Å². The van der Waals surface area contributed by atoms with Crippen molar-refractivity contribution in [2.45, 2.75) is 223 Å². The maximum atomic E-state index is 13.2. The first-order valence-electron chi connectivity index (χ1n) is 26.9. The predicted octanol–water partition coefficient (Wildman–Crippen LogP) is 15.4. The Morgan fingerprint density at radius 1 is 0.548 bits per heavy atom. The number of carbonyl (C=O) groups excluding carboxylic acids is 2. The molecule has 0 saturated heterocycles. The van der Waals surface area contributed by atoms with Crippen molar-refractivity contribution < 1.29 is 19.1 Å². The molecule has 4 nitrogen and oxygen atoms in total. The van der Waals surface area contributed by atoms with Gasteiger partial charge >= 0.3 is 11.9 Å². The van der Waals surface area contributed by atoms with Crippen LogP contribution in [0.2, 0.25) is 0 Å². The van der Waals surface area contributed by atoms with Gasteiger partial charge in [0.05, 0.1) is 0 Å². The fourth-order valence-corrected chi connectivity index (χ4v) is 18.0. The van der Waals surface area contributed by atoms with Crippen molar-refractivity contribution in [3.63, 3.8) is 0 Å². The summed E-state index contributed by atoms with van der Waals surface area (Å²) in [4.78, 5) is 26.3. The average molecular weight is 853 g/mol. The zero-order valence-electron chi connectivity index (χ0n) is 41.6. The van der Waals surface area contributed by atoms with Gasteiger partial charge in [-0.2, -0.15) is 0 Å². The quantitative estimate of drug-likeness (QED) is 0.0992. The molecular formula is C58H92O4. The molecule has 0 aromatic heterocycles. The van der Waals surface area contributed by atoms with Crippen LogP contribution >= 0.6 is 0 Å². The van der Waals surface area contributed by atoms with Gasteiger partial charge in [-0.3, -0.25) is 0 Å². The fourth-order valence-electron chi connectivity index (χ4n) is 18.0. The number of fused-ring (bicyclic) bond motifs is 10. The highest BCUT2D eigenvalue weighted by atomic mass is 16.5. The van der Waals surface area contributed by atoms with E-state index in [-0.39, 0.29) is 23.0 Å². The van der Waals surface area contributed by atoms with Crippen molar-refractivity contribution in [2.24, 2.45) is 92.7 Å². The summed E-state index contributed by atoms with van der Waals surface area (Å²) in [6, 6.07) is 0. The van der Waals surface area contributed by atoms with Crippen LogP contribution in [0.3, 0.4) is 0 Å². The van der Waals surface area contributed by atoms with E-state index in [4.69, 9.17) is 9.47 Å². The Morgan fingerprint density at radius 2 is 0.952 bits per heavy atom. The summed E-state index contributed by atoms with van der Waals surface area (Å²) in [6.45, 7) is 25.1. The lowest BCUT2D eigenvalue weighted by molar-refractivity contribution is -0.148. The number of carbonyl (C=O) groups is 2. The lowest BCUT2D eigenvalue weighted by Gasteiger charge is -2.58. The molecule has 6 fully saturated rings. The molecule has 348 valence electrons. The van der Waals surface area contributed by atoms with Crippen LogP contribution in [0.5, 0.6) is 0 Å². The standard InChI is InChI=1S/C58H92O4/c1-37(2)13-11-15-39(5)47-21-23-49-45-19-17-41-35-43(27-31-55(41,7)51(45)29-33-57(47,49)9)61-53(59)25-26-54(60)62-44-28-32-56(8)42(36-44)18-20-46-50-24-22-48(40(6)16-12-14-38(3)4)58(50,10)34-30-52(46)56/h17-18,25-26,37-40,43-52H,11-16,19-24,27-36H2,1-10H3/t39-,40-,43?,44?,45?,46?,47-,48-,49?,50?,51?,52?,55+,56+,57-,58-/m1/s1. The molecule has 8 aliphatic rings. The second-order valence-electron chi connectivity index (χ2n) is 25.5. The first-order chi connectivity index (χ1) is 29.5. The number of esters is 2. The monoisotopic (exact) mass is 853 g/mol. The highest BCUT2D eigenvalue weighted by Crippen LogP contribution is 2.69. The molecule has 8 unspecified atom stereocenters. The summed E-state index contributed by atoms with van der Waals surface area (Å²) in [7, 11) is 0. The first kappa shape index (κ1) is 46.7. The van der Waals surface area contributed by atoms with Crippen LogP contribution in [0.25, 0.3) is 0 Å². The van der Waals surface area contributed by atoms with Gasteiger partial charge in [0.25, 0.3) is 0 Å². The summed E-state index contributed by atoms with van der Waals surface area (Å²) in [6.07, 6.45) is 35.2. The molecule has 8 aliphatic carbocycles. The molecule has 8 rings (SSSR count). The molecule has 0 aliphatic heterocycles. The van der Waals surface area contributed by atoms with E-state index >= 15 is 0 Å². The topological polar surface area (TPSA) is 52.6 Å². The van der Waals surface area contributed by atoms with E-state index in [9.17, 15) is 9.59 Å². The highest BCUT2D eigenvalue weighted by molar-refractivity contribution is 5.91. The van der Waals surface area contributed by atoms with Crippen LogP contribution in [0.1, 0.15) is 210 Å². The smallest absolute Gasteiger partial charge is 0.331 e. The Hall–Kier alpha value is -1.84. The molecule has 0 spiro atoms. The van der Waals surface area contributed by atoms with Gasteiger partial charge in [0, 0.05) is 25.0 Å². The van der Waals surface area contributed by atoms with Gasteiger partial charge in [0.2, 0.25) is 0 Å². The lowest BCUT2D eigenvalue weighted by atomic mass is 9.47. The van der Waals surface area contributed by atoms with Crippen molar-refractivity contribution in [1.82, 2.24) is 0 Å². The maximum absolute atomic E-state index is 13.2. The minimum Gasteiger partial charge on any atom is -0.459 e. The molecule has 16 atom stereocenters. The number of rotatable bonds is 14. The molecular weight excluding hydrogens is 761 g/mol. The van der Waals surface area contributed by atoms with Gasteiger partial charge in [-0.1, -0.05) is 131 Å². The third-order valence-electron chi connectivity index (χ3n) is 21.4. The van der Waals surface area contributed by atoms with Crippen LogP contribution in [0.4, 0.5) is 0 Å². The number of hydrogen-bond donors (Lipinski definition) is 0. The van der Waals surface area contributed by atoms with Crippen LogP contribution < -0.4 is 0 Å². The minimum atomic E-state index is -0.404. The van der Waals surface area contributed by atoms with E-state index in [1.54, 1.807) is 0 Å². The Balaban J connectivity index is 0.806. The molecule has 0 bridgehead atoms. The molecule has 0 aromatic carbocycles.